The summed E-state index contributed by atoms with van der Waals surface area (Å²) < 4.78 is 5.25. The average Bonchev–Trinajstić information content (AvgIpc) is 3.01. The second-order valence-corrected chi connectivity index (χ2v) is 6.12. The van der Waals surface area contributed by atoms with Crippen LogP contribution in [0.2, 0.25) is 0 Å². The maximum atomic E-state index is 12.4. The summed E-state index contributed by atoms with van der Waals surface area (Å²) in [6.45, 7) is 7.65. The average molecular weight is 329 g/mol. The third kappa shape index (κ3) is 4.11. The molecule has 1 N–H and O–H groups in total. The second-order valence-electron chi connectivity index (χ2n) is 6.12. The molecular weight excluding hydrogens is 306 g/mol. The van der Waals surface area contributed by atoms with Crippen molar-refractivity contribution in [2.24, 2.45) is 0 Å². The topological polar surface area (TPSA) is 74.5 Å². The molecular formula is C17H23N5O2. The van der Waals surface area contributed by atoms with Gasteiger partial charge in [0.25, 0.3) is 0 Å². The predicted octanol–water partition coefficient (Wildman–Crippen LogP) is 1.97. The first-order valence-electron chi connectivity index (χ1n) is 8.23. The van der Waals surface area contributed by atoms with Crippen molar-refractivity contribution in [3.05, 3.63) is 47.6 Å². The molecule has 0 unspecified atom stereocenters. The van der Waals surface area contributed by atoms with Gasteiger partial charge >= 0.3 is 6.03 Å². The molecule has 24 heavy (non-hydrogen) atoms. The zero-order valence-electron chi connectivity index (χ0n) is 14.1. The first-order valence-corrected chi connectivity index (χ1v) is 8.23. The van der Waals surface area contributed by atoms with Crippen LogP contribution in [0.3, 0.4) is 0 Å². The molecule has 1 aliphatic heterocycles. The Bertz CT molecular complexity index is 665. The van der Waals surface area contributed by atoms with E-state index in [9.17, 15) is 4.79 Å². The lowest BCUT2D eigenvalue weighted by atomic mass is 10.2. The molecule has 2 aromatic heterocycles. The van der Waals surface area contributed by atoms with E-state index in [0.29, 0.717) is 13.1 Å². The van der Waals surface area contributed by atoms with E-state index in [4.69, 9.17) is 4.52 Å². The lowest BCUT2D eigenvalue weighted by molar-refractivity contribution is 0.126. The molecule has 7 heteroatoms. The molecule has 2 amide bonds. The highest BCUT2D eigenvalue weighted by Crippen LogP contribution is 2.12. The van der Waals surface area contributed by atoms with E-state index in [1.165, 1.54) is 0 Å². The number of amides is 2. The first-order chi connectivity index (χ1) is 11.6. The lowest BCUT2D eigenvalue weighted by Gasteiger charge is -2.34. The van der Waals surface area contributed by atoms with Gasteiger partial charge in [0.15, 0.2) is 5.76 Å². The fraction of sp³-hybridized carbons (Fsp3) is 0.471. The number of hydrogen-bond donors (Lipinski definition) is 1. The number of piperazine rings is 1. The van der Waals surface area contributed by atoms with Gasteiger partial charge in [-0.3, -0.25) is 9.88 Å². The van der Waals surface area contributed by atoms with Crippen LogP contribution >= 0.6 is 0 Å². The van der Waals surface area contributed by atoms with Crippen molar-refractivity contribution in [3.8, 4) is 0 Å². The molecule has 0 aromatic carbocycles. The van der Waals surface area contributed by atoms with Gasteiger partial charge in [0.05, 0.1) is 24.0 Å². The molecule has 0 radical (unpaired) electrons. The quantitative estimate of drug-likeness (QED) is 0.928. The molecule has 1 aliphatic rings. The van der Waals surface area contributed by atoms with E-state index in [1.807, 2.05) is 43.0 Å². The zero-order chi connectivity index (χ0) is 16.9. The molecule has 0 aliphatic carbocycles. The number of carbonyl (C=O) groups excluding carboxylic acids is 1. The number of nitrogens with zero attached hydrogens (tertiary/aromatic N) is 4. The SMILES string of the molecule is Cc1cc(CN2CCN(C(=O)N[C@@H](C)c3ccccn3)CC2)on1. The van der Waals surface area contributed by atoms with Crippen molar-refractivity contribution < 1.29 is 9.32 Å². The number of hydrogen-bond acceptors (Lipinski definition) is 5. The molecule has 0 bridgehead atoms. The van der Waals surface area contributed by atoms with Crippen LogP contribution in [0, 0.1) is 6.92 Å². The van der Waals surface area contributed by atoms with Gasteiger partial charge in [0.1, 0.15) is 0 Å². The monoisotopic (exact) mass is 329 g/mol. The Labute approximate surface area is 141 Å². The summed E-state index contributed by atoms with van der Waals surface area (Å²) in [5, 5.41) is 6.92. The molecule has 3 heterocycles. The van der Waals surface area contributed by atoms with E-state index in [0.717, 1.165) is 36.8 Å². The smallest absolute Gasteiger partial charge is 0.318 e. The van der Waals surface area contributed by atoms with Gasteiger partial charge < -0.3 is 14.7 Å². The summed E-state index contributed by atoms with van der Waals surface area (Å²) in [7, 11) is 0. The standard InChI is InChI=1S/C17H23N5O2/c1-13-11-15(24-20-13)12-21-7-9-22(10-8-21)17(23)19-14(2)16-5-3-4-6-18-16/h3-6,11,14H,7-10,12H2,1-2H3,(H,19,23)/t14-/m0/s1. The largest absolute Gasteiger partial charge is 0.360 e. The van der Waals surface area contributed by atoms with Crippen LogP contribution in [0.15, 0.2) is 35.0 Å². The van der Waals surface area contributed by atoms with Crippen LogP contribution < -0.4 is 5.32 Å². The van der Waals surface area contributed by atoms with E-state index >= 15 is 0 Å². The van der Waals surface area contributed by atoms with Crippen LogP contribution in [0.4, 0.5) is 4.79 Å². The van der Waals surface area contributed by atoms with Crippen LogP contribution in [0.5, 0.6) is 0 Å². The summed E-state index contributed by atoms with van der Waals surface area (Å²) >= 11 is 0. The summed E-state index contributed by atoms with van der Waals surface area (Å²) in [4.78, 5) is 20.8. The summed E-state index contributed by atoms with van der Waals surface area (Å²) in [5.41, 5.74) is 1.76. The van der Waals surface area contributed by atoms with Crippen molar-refractivity contribution in [1.82, 2.24) is 25.3 Å². The maximum Gasteiger partial charge on any atom is 0.318 e. The minimum atomic E-state index is -0.103. The molecule has 1 saturated heterocycles. The van der Waals surface area contributed by atoms with Crippen molar-refractivity contribution in [2.75, 3.05) is 26.2 Å². The van der Waals surface area contributed by atoms with Crippen molar-refractivity contribution in [1.29, 1.82) is 0 Å². The van der Waals surface area contributed by atoms with Gasteiger partial charge in [-0.15, -0.1) is 0 Å². The Kier molecular flexibility index (Phi) is 5.10. The van der Waals surface area contributed by atoms with E-state index in [2.05, 4.69) is 20.4 Å². The Morgan fingerprint density at radius 3 is 2.75 bits per heavy atom. The number of carbonyl (C=O) groups is 1. The van der Waals surface area contributed by atoms with E-state index in [-0.39, 0.29) is 12.1 Å². The fourth-order valence-corrected chi connectivity index (χ4v) is 2.80. The highest BCUT2D eigenvalue weighted by molar-refractivity contribution is 5.74. The molecule has 0 saturated carbocycles. The normalized spacial score (nSPS) is 16.8. The minimum absolute atomic E-state index is 0.0386. The number of aromatic nitrogens is 2. The number of urea groups is 1. The zero-order valence-corrected chi connectivity index (χ0v) is 14.1. The highest BCUT2D eigenvalue weighted by atomic mass is 16.5. The van der Waals surface area contributed by atoms with Crippen LogP contribution in [-0.2, 0) is 6.54 Å². The molecule has 0 spiro atoms. The number of rotatable bonds is 4. The van der Waals surface area contributed by atoms with Gasteiger partial charge in [0.2, 0.25) is 0 Å². The molecule has 3 rings (SSSR count). The Morgan fingerprint density at radius 1 is 1.33 bits per heavy atom. The van der Waals surface area contributed by atoms with Gasteiger partial charge in [-0.25, -0.2) is 4.79 Å². The number of aryl methyl sites for hydroxylation is 1. The molecule has 7 nitrogen and oxygen atoms in total. The lowest BCUT2D eigenvalue weighted by Crippen LogP contribution is -2.51. The van der Waals surface area contributed by atoms with Crippen molar-refractivity contribution >= 4 is 6.03 Å². The van der Waals surface area contributed by atoms with E-state index < -0.39 is 0 Å². The number of nitrogens with one attached hydrogen (secondary N) is 1. The van der Waals surface area contributed by atoms with Gasteiger partial charge in [-0.2, -0.15) is 0 Å². The van der Waals surface area contributed by atoms with Crippen molar-refractivity contribution in [3.63, 3.8) is 0 Å². The number of pyridine rings is 1. The van der Waals surface area contributed by atoms with Crippen LogP contribution in [-0.4, -0.2) is 52.2 Å². The van der Waals surface area contributed by atoms with Gasteiger partial charge in [-0.05, 0) is 26.0 Å². The molecule has 1 atom stereocenters. The summed E-state index contributed by atoms with van der Waals surface area (Å²) in [5.74, 6) is 0.870. The van der Waals surface area contributed by atoms with Crippen LogP contribution in [0.25, 0.3) is 0 Å². The predicted molar refractivity (Wildman–Crippen MR) is 89.3 cm³/mol. The minimum Gasteiger partial charge on any atom is -0.360 e. The second kappa shape index (κ2) is 7.44. The highest BCUT2D eigenvalue weighted by Gasteiger charge is 2.23. The Hall–Kier alpha value is -2.41. The fourth-order valence-electron chi connectivity index (χ4n) is 2.80. The molecule has 2 aromatic rings. The van der Waals surface area contributed by atoms with Gasteiger partial charge in [-0.1, -0.05) is 11.2 Å². The maximum absolute atomic E-state index is 12.4. The van der Waals surface area contributed by atoms with E-state index in [1.54, 1.807) is 6.20 Å². The first kappa shape index (κ1) is 16.4. The van der Waals surface area contributed by atoms with Crippen molar-refractivity contribution in [2.45, 2.75) is 26.4 Å². The third-order valence-electron chi connectivity index (χ3n) is 4.19. The third-order valence-corrected chi connectivity index (χ3v) is 4.19. The Morgan fingerprint density at radius 2 is 2.12 bits per heavy atom. The molecule has 128 valence electrons. The Balaban J connectivity index is 1.46. The van der Waals surface area contributed by atoms with Gasteiger partial charge in [0, 0.05) is 38.4 Å². The summed E-state index contributed by atoms with van der Waals surface area (Å²) in [6, 6.07) is 7.52. The van der Waals surface area contributed by atoms with Crippen LogP contribution in [0.1, 0.15) is 30.1 Å². The molecule has 1 fully saturated rings. The summed E-state index contributed by atoms with van der Waals surface area (Å²) in [6.07, 6.45) is 1.74.